The Morgan fingerprint density at radius 2 is 2.31 bits per heavy atom. The third-order valence-corrected chi connectivity index (χ3v) is 4.11. The Hall–Kier alpha value is -0.830. The molecule has 0 aromatic carbocycles. The molecule has 0 spiro atoms. The molecular formula is C13H23N3. The standard InChI is InChI=1S/C13H23N3/c1-3-13(6-4-7-13)11-14-8-5-12-15-9-10-16(12)2/h9-10,14H,3-8,11H2,1-2H3. The molecular weight excluding hydrogens is 198 g/mol. The van der Waals surface area contributed by atoms with E-state index in [1.165, 1.54) is 38.1 Å². The number of rotatable bonds is 6. The zero-order valence-electron chi connectivity index (χ0n) is 10.5. The summed E-state index contributed by atoms with van der Waals surface area (Å²) in [4.78, 5) is 4.33. The molecule has 0 bridgehead atoms. The van der Waals surface area contributed by atoms with Crippen LogP contribution in [0, 0.1) is 5.41 Å². The molecule has 1 aliphatic carbocycles. The molecule has 3 nitrogen and oxygen atoms in total. The van der Waals surface area contributed by atoms with Gasteiger partial charge in [0.15, 0.2) is 0 Å². The second-order valence-corrected chi connectivity index (χ2v) is 5.09. The van der Waals surface area contributed by atoms with Crippen LogP contribution in [0.4, 0.5) is 0 Å². The first-order valence-electron chi connectivity index (χ1n) is 6.43. The van der Waals surface area contributed by atoms with Crippen molar-refractivity contribution in [2.45, 2.75) is 39.0 Å². The second kappa shape index (κ2) is 5.00. The molecule has 1 aliphatic rings. The van der Waals surface area contributed by atoms with Gasteiger partial charge in [-0.05, 0) is 24.7 Å². The Morgan fingerprint density at radius 1 is 1.50 bits per heavy atom. The number of hydrogen-bond acceptors (Lipinski definition) is 2. The van der Waals surface area contributed by atoms with Crippen LogP contribution in [0.5, 0.6) is 0 Å². The van der Waals surface area contributed by atoms with E-state index >= 15 is 0 Å². The fourth-order valence-corrected chi connectivity index (χ4v) is 2.52. The summed E-state index contributed by atoms with van der Waals surface area (Å²) in [5, 5.41) is 3.59. The first-order valence-corrected chi connectivity index (χ1v) is 6.43. The first-order chi connectivity index (χ1) is 7.76. The van der Waals surface area contributed by atoms with Crippen molar-refractivity contribution in [2.75, 3.05) is 13.1 Å². The van der Waals surface area contributed by atoms with E-state index in [1.807, 2.05) is 12.4 Å². The molecule has 0 unspecified atom stereocenters. The highest BCUT2D eigenvalue weighted by Gasteiger charge is 2.34. The Labute approximate surface area is 98.3 Å². The molecule has 3 heteroatoms. The van der Waals surface area contributed by atoms with Crippen LogP contribution in [-0.4, -0.2) is 22.6 Å². The molecule has 0 saturated heterocycles. The molecule has 1 aromatic rings. The van der Waals surface area contributed by atoms with Crippen molar-refractivity contribution in [2.24, 2.45) is 12.5 Å². The average molecular weight is 221 g/mol. The van der Waals surface area contributed by atoms with E-state index in [2.05, 4.69) is 28.8 Å². The quantitative estimate of drug-likeness (QED) is 0.746. The fourth-order valence-electron chi connectivity index (χ4n) is 2.52. The fraction of sp³-hybridized carbons (Fsp3) is 0.769. The van der Waals surface area contributed by atoms with Crippen LogP contribution in [-0.2, 0) is 13.5 Å². The van der Waals surface area contributed by atoms with Gasteiger partial charge >= 0.3 is 0 Å². The summed E-state index contributed by atoms with van der Waals surface area (Å²) in [7, 11) is 2.06. The van der Waals surface area contributed by atoms with Gasteiger partial charge in [-0.1, -0.05) is 13.3 Å². The minimum absolute atomic E-state index is 0.627. The van der Waals surface area contributed by atoms with Crippen molar-refractivity contribution in [3.05, 3.63) is 18.2 Å². The zero-order valence-corrected chi connectivity index (χ0v) is 10.5. The van der Waals surface area contributed by atoms with Crippen molar-refractivity contribution in [3.63, 3.8) is 0 Å². The van der Waals surface area contributed by atoms with E-state index in [0.717, 1.165) is 13.0 Å². The molecule has 0 amide bonds. The summed E-state index contributed by atoms with van der Waals surface area (Å²) in [6, 6.07) is 0. The van der Waals surface area contributed by atoms with Crippen LogP contribution in [0.1, 0.15) is 38.4 Å². The minimum atomic E-state index is 0.627. The van der Waals surface area contributed by atoms with Gasteiger partial charge in [0.25, 0.3) is 0 Å². The Balaban J connectivity index is 1.67. The highest BCUT2D eigenvalue weighted by molar-refractivity contribution is 4.92. The van der Waals surface area contributed by atoms with Crippen LogP contribution in [0.2, 0.25) is 0 Å². The third kappa shape index (κ3) is 2.46. The molecule has 1 heterocycles. The van der Waals surface area contributed by atoms with Gasteiger partial charge in [0.2, 0.25) is 0 Å². The lowest BCUT2D eigenvalue weighted by Crippen LogP contribution is -2.40. The van der Waals surface area contributed by atoms with Gasteiger partial charge in [0.05, 0.1) is 0 Å². The maximum absolute atomic E-state index is 4.33. The molecule has 16 heavy (non-hydrogen) atoms. The van der Waals surface area contributed by atoms with E-state index < -0.39 is 0 Å². The smallest absolute Gasteiger partial charge is 0.109 e. The molecule has 0 aliphatic heterocycles. The van der Waals surface area contributed by atoms with Gasteiger partial charge < -0.3 is 9.88 Å². The maximum Gasteiger partial charge on any atom is 0.109 e. The zero-order chi connectivity index (χ0) is 11.4. The van der Waals surface area contributed by atoms with Gasteiger partial charge in [0, 0.05) is 39.0 Å². The predicted octanol–water partition coefficient (Wildman–Crippen LogP) is 2.13. The number of aryl methyl sites for hydroxylation is 1. The SMILES string of the molecule is CCC1(CNCCc2nccn2C)CCC1. The highest BCUT2D eigenvalue weighted by Crippen LogP contribution is 2.42. The number of imidazole rings is 1. The van der Waals surface area contributed by atoms with Crippen LogP contribution >= 0.6 is 0 Å². The summed E-state index contributed by atoms with van der Waals surface area (Å²) < 4.78 is 2.10. The highest BCUT2D eigenvalue weighted by atomic mass is 15.0. The van der Waals surface area contributed by atoms with Gasteiger partial charge in [-0.2, -0.15) is 0 Å². The number of aromatic nitrogens is 2. The van der Waals surface area contributed by atoms with E-state index in [-0.39, 0.29) is 0 Å². The summed E-state index contributed by atoms with van der Waals surface area (Å²) in [5.41, 5.74) is 0.627. The molecule has 2 rings (SSSR count). The van der Waals surface area contributed by atoms with Gasteiger partial charge in [-0.15, -0.1) is 0 Å². The Morgan fingerprint density at radius 3 is 2.81 bits per heavy atom. The summed E-state index contributed by atoms with van der Waals surface area (Å²) in [5.74, 6) is 1.17. The average Bonchev–Trinajstić information content (AvgIpc) is 2.62. The molecule has 1 fully saturated rings. The Kier molecular flexibility index (Phi) is 3.64. The monoisotopic (exact) mass is 221 g/mol. The van der Waals surface area contributed by atoms with E-state index in [1.54, 1.807) is 0 Å². The van der Waals surface area contributed by atoms with Crippen molar-refractivity contribution in [1.29, 1.82) is 0 Å². The topological polar surface area (TPSA) is 29.9 Å². The van der Waals surface area contributed by atoms with Gasteiger partial charge in [0.1, 0.15) is 5.82 Å². The molecule has 0 atom stereocenters. The summed E-state index contributed by atoms with van der Waals surface area (Å²) in [6.07, 6.45) is 10.5. The minimum Gasteiger partial charge on any atom is -0.338 e. The largest absolute Gasteiger partial charge is 0.338 e. The second-order valence-electron chi connectivity index (χ2n) is 5.09. The predicted molar refractivity (Wildman–Crippen MR) is 66.4 cm³/mol. The van der Waals surface area contributed by atoms with Crippen molar-refractivity contribution in [3.8, 4) is 0 Å². The Bertz CT molecular complexity index is 320. The van der Waals surface area contributed by atoms with Crippen LogP contribution < -0.4 is 5.32 Å². The summed E-state index contributed by atoms with van der Waals surface area (Å²) >= 11 is 0. The van der Waals surface area contributed by atoms with E-state index in [9.17, 15) is 0 Å². The van der Waals surface area contributed by atoms with E-state index in [0.29, 0.717) is 5.41 Å². The van der Waals surface area contributed by atoms with Gasteiger partial charge in [-0.3, -0.25) is 0 Å². The van der Waals surface area contributed by atoms with E-state index in [4.69, 9.17) is 0 Å². The summed E-state index contributed by atoms with van der Waals surface area (Å²) in [6.45, 7) is 4.56. The molecule has 90 valence electrons. The lowest BCUT2D eigenvalue weighted by Gasteiger charge is -2.41. The van der Waals surface area contributed by atoms with Gasteiger partial charge in [-0.25, -0.2) is 4.98 Å². The molecule has 1 saturated carbocycles. The van der Waals surface area contributed by atoms with Crippen LogP contribution in [0.25, 0.3) is 0 Å². The number of nitrogens with one attached hydrogen (secondary N) is 1. The maximum atomic E-state index is 4.33. The number of nitrogens with zero attached hydrogens (tertiary/aromatic N) is 2. The van der Waals surface area contributed by atoms with Crippen molar-refractivity contribution < 1.29 is 0 Å². The van der Waals surface area contributed by atoms with Crippen LogP contribution in [0.15, 0.2) is 12.4 Å². The first kappa shape index (κ1) is 11.6. The lowest BCUT2D eigenvalue weighted by molar-refractivity contribution is 0.124. The molecule has 0 radical (unpaired) electrons. The third-order valence-electron chi connectivity index (χ3n) is 4.11. The molecule has 1 aromatic heterocycles. The molecule has 1 N–H and O–H groups in total. The normalized spacial score (nSPS) is 18.4. The lowest BCUT2D eigenvalue weighted by atomic mass is 9.67. The van der Waals surface area contributed by atoms with Crippen molar-refractivity contribution in [1.82, 2.24) is 14.9 Å². The van der Waals surface area contributed by atoms with Crippen molar-refractivity contribution >= 4 is 0 Å². The van der Waals surface area contributed by atoms with Crippen LogP contribution in [0.3, 0.4) is 0 Å². The number of hydrogen-bond donors (Lipinski definition) is 1.